The molecule has 106 valence electrons. The number of hydrogen-bond acceptors (Lipinski definition) is 3. The summed E-state index contributed by atoms with van der Waals surface area (Å²) >= 11 is 5.12. The van der Waals surface area contributed by atoms with Gasteiger partial charge in [0.15, 0.2) is 0 Å². The zero-order chi connectivity index (χ0) is 14.3. The van der Waals surface area contributed by atoms with Crippen molar-refractivity contribution in [1.82, 2.24) is 4.98 Å². The third kappa shape index (κ3) is 2.97. The fourth-order valence-corrected chi connectivity index (χ4v) is 4.16. The zero-order valence-electron chi connectivity index (χ0n) is 11.7. The summed E-state index contributed by atoms with van der Waals surface area (Å²) in [6, 6.07) is 8.34. The molecule has 0 aliphatic heterocycles. The van der Waals surface area contributed by atoms with Gasteiger partial charge in [0.2, 0.25) is 0 Å². The van der Waals surface area contributed by atoms with Gasteiger partial charge in [-0.2, -0.15) is 0 Å². The monoisotopic (exact) mass is 351 g/mol. The van der Waals surface area contributed by atoms with E-state index in [0.29, 0.717) is 0 Å². The van der Waals surface area contributed by atoms with Crippen LogP contribution in [0.4, 0.5) is 0 Å². The van der Waals surface area contributed by atoms with Crippen LogP contribution in [0.3, 0.4) is 0 Å². The second kappa shape index (κ2) is 5.24. The Morgan fingerprint density at radius 2 is 2.05 bits per heavy atom. The van der Waals surface area contributed by atoms with E-state index in [0.717, 1.165) is 39.3 Å². The van der Waals surface area contributed by atoms with Crippen LogP contribution in [0.5, 0.6) is 0 Å². The fourth-order valence-electron chi connectivity index (χ4n) is 2.80. The molecule has 1 unspecified atom stereocenters. The topological polar surface area (TPSA) is 33.1 Å². The summed E-state index contributed by atoms with van der Waals surface area (Å²) in [6.45, 7) is 4.40. The van der Waals surface area contributed by atoms with Crippen LogP contribution < -0.4 is 0 Å². The molecule has 0 spiro atoms. The molecule has 1 heterocycles. The molecular formula is C16H18BrNOS. The van der Waals surface area contributed by atoms with E-state index in [4.69, 9.17) is 4.98 Å². The van der Waals surface area contributed by atoms with Gasteiger partial charge in [0.25, 0.3) is 0 Å². The molecule has 1 aromatic carbocycles. The Hall–Kier alpha value is -0.710. The number of halogens is 1. The van der Waals surface area contributed by atoms with Crippen LogP contribution in [-0.4, -0.2) is 10.1 Å². The maximum absolute atomic E-state index is 10.3. The van der Waals surface area contributed by atoms with Crippen molar-refractivity contribution in [2.75, 3.05) is 0 Å². The molecule has 2 aromatic rings. The van der Waals surface area contributed by atoms with Crippen molar-refractivity contribution in [3.05, 3.63) is 49.9 Å². The average Bonchev–Trinajstić information content (AvgIpc) is 2.73. The first kappa shape index (κ1) is 14.2. The molecule has 0 saturated carbocycles. The van der Waals surface area contributed by atoms with E-state index in [1.54, 1.807) is 11.3 Å². The summed E-state index contributed by atoms with van der Waals surface area (Å²) in [4.78, 5) is 5.84. The minimum atomic E-state index is -0.343. The third-order valence-electron chi connectivity index (χ3n) is 3.74. The normalized spacial score (nSPS) is 20.7. The van der Waals surface area contributed by atoms with Gasteiger partial charge in [-0.05, 0) is 36.0 Å². The van der Waals surface area contributed by atoms with Crippen LogP contribution in [0.1, 0.15) is 47.5 Å². The first-order valence-corrected chi connectivity index (χ1v) is 8.45. The highest BCUT2D eigenvalue weighted by molar-refractivity contribution is 9.10. The molecule has 0 fully saturated rings. The van der Waals surface area contributed by atoms with Crippen molar-refractivity contribution >= 4 is 27.3 Å². The Morgan fingerprint density at radius 1 is 1.35 bits per heavy atom. The minimum absolute atomic E-state index is 0.148. The summed E-state index contributed by atoms with van der Waals surface area (Å²) in [5.41, 5.74) is 2.51. The summed E-state index contributed by atoms with van der Waals surface area (Å²) < 4.78 is 1.09. The standard InChI is InChI=1S/C16H18BrNOS/c1-16(2)8-12-15(13(19)9-16)20-14(18-12)7-10-3-5-11(17)6-4-10/h3-6,13,19H,7-9H2,1-2H3. The lowest BCUT2D eigenvalue weighted by Crippen LogP contribution is -2.24. The molecule has 0 bridgehead atoms. The van der Waals surface area contributed by atoms with Crippen molar-refractivity contribution in [3.63, 3.8) is 0 Å². The van der Waals surface area contributed by atoms with Crippen molar-refractivity contribution in [2.45, 2.75) is 39.2 Å². The molecule has 2 nitrogen and oxygen atoms in total. The van der Waals surface area contributed by atoms with E-state index < -0.39 is 0 Å². The molecule has 1 aliphatic carbocycles. The fraction of sp³-hybridized carbons (Fsp3) is 0.438. The van der Waals surface area contributed by atoms with Crippen LogP contribution in [0, 0.1) is 5.41 Å². The Kier molecular flexibility index (Phi) is 3.73. The molecule has 3 rings (SSSR count). The Bertz CT molecular complexity index is 618. The Morgan fingerprint density at radius 3 is 2.75 bits per heavy atom. The number of benzene rings is 1. The lowest BCUT2D eigenvalue weighted by molar-refractivity contribution is 0.102. The van der Waals surface area contributed by atoms with Gasteiger partial charge in [-0.15, -0.1) is 11.3 Å². The zero-order valence-corrected chi connectivity index (χ0v) is 14.1. The first-order valence-electron chi connectivity index (χ1n) is 6.84. The van der Waals surface area contributed by atoms with Crippen LogP contribution in [0.25, 0.3) is 0 Å². The average molecular weight is 352 g/mol. The number of rotatable bonds is 2. The van der Waals surface area contributed by atoms with E-state index in [-0.39, 0.29) is 11.5 Å². The van der Waals surface area contributed by atoms with Crippen LogP contribution in [0.2, 0.25) is 0 Å². The molecular weight excluding hydrogens is 334 g/mol. The predicted molar refractivity (Wildman–Crippen MR) is 86.1 cm³/mol. The molecule has 4 heteroatoms. The maximum Gasteiger partial charge on any atom is 0.0975 e. The van der Waals surface area contributed by atoms with Gasteiger partial charge in [0, 0.05) is 10.9 Å². The molecule has 0 saturated heterocycles. The summed E-state index contributed by atoms with van der Waals surface area (Å²) in [6.07, 6.45) is 2.30. The molecule has 20 heavy (non-hydrogen) atoms. The smallest absolute Gasteiger partial charge is 0.0975 e. The van der Waals surface area contributed by atoms with Gasteiger partial charge >= 0.3 is 0 Å². The number of nitrogens with zero attached hydrogens (tertiary/aromatic N) is 1. The van der Waals surface area contributed by atoms with Gasteiger partial charge in [0.1, 0.15) is 0 Å². The third-order valence-corrected chi connectivity index (χ3v) is 5.46. The van der Waals surface area contributed by atoms with Crippen molar-refractivity contribution in [3.8, 4) is 0 Å². The number of thiazole rings is 1. The van der Waals surface area contributed by atoms with E-state index in [2.05, 4.69) is 54.0 Å². The van der Waals surface area contributed by atoms with Crippen molar-refractivity contribution < 1.29 is 5.11 Å². The SMILES string of the molecule is CC1(C)Cc2nc(Cc3ccc(Br)cc3)sc2C(O)C1. The second-order valence-electron chi connectivity index (χ2n) is 6.28. The van der Waals surface area contributed by atoms with Gasteiger partial charge in [-0.25, -0.2) is 4.98 Å². The van der Waals surface area contributed by atoms with Crippen molar-refractivity contribution in [2.24, 2.45) is 5.41 Å². The molecule has 1 aliphatic rings. The summed E-state index contributed by atoms with van der Waals surface area (Å²) in [7, 11) is 0. The summed E-state index contributed by atoms with van der Waals surface area (Å²) in [5, 5.41) is 11.4. The maximum atomic E-state index is 10.3. The van der Waals surface area contributed by atoms with E-state index in [1.165, 1.54) is 5.56 Å². The largest absolute Gasteiger partial charge is 0.387 e. The van der Waals surface area contributed by atoms with Crippen LogP contribution in [-0.2, 0) is 12.8 Å². The molecule has 1 atom stereocenters. The quantitative estimate of drug-likeness (QED) is 0.863. The van der Waals surface area contributed by atoms with Gasteiger partial charge in [-0.3, -0.25) is 0 Å². The van der Waals surface area contributed by atoms with E-state index >= 15 is 0 Å². The van der Waals surface area contributed by atoms with Crippen LogP contribution >= 0.6 is 27.3 Å². The number of aromatic nitrogens is 1. The minimum Gasteiger partial charge on any atom is -0.387 e. The lowest BCUT2D eigenvalue weighted by atomic mass is 9.77. The number of fused-ring (bicyclic) bond motifs is 1. The highest BCUT2D eigenvalue weighted by Gasteiger charge is 2.33. The van der Waals surface area contributed by atoms with Gasteiger partial charge in [-0.1, -0.05) is 41.9 Å². The number of aliphatic hydroxyl groups excluding tert-OH is 1. The molecule has 0 radical (unpaired) electrons. The Balaban J connectivity index is 1.85. The number of hydrogen-bond donors (Lipinski definition) is 1. The first-order chi connectivity index (χ1) is 9.43. The van der Waals surface area contributed by atoms with Crippen LogP contribution in [0.15, 0.2) is 28.7 Å². The highest BCUT2D eigenvalue weighted by atomic mass is 79.9. The number of aliphatic hydroxyl groups is 1. The van der Waals surface area contributed by atoms with E-state index in [1.807, 2.05) is 0 Å². The molecule has 0 amide bonds. The van der Waals surface area contributed by atoms with Crippen molar-refractivity contribution in [1.29, 1.82) is 0 Å². The lowest BCUT2D eigenvalue weighted by Gasteiger charge is -2.31. The molecule has 1 N–H and O–H groups in total. The Labute approximate surface area is 132 Å². The highest BCUT2D eigenvalue weighted by Crippen LogP contribution is 2.43. The van der Waals surface area contributed by atoms with Gasteiger partial charge < -0.3 is 5.11 Å². The van der Waals surface area contributed by atoms with E-state index in [9.17, 15) is 5.11 Å². The molecule has 1 aromatic heterocycles. The van der Waals surface area contributed by atoms with Gasteiger partial charge in [0.05, 0.1) is 21.7 Å². The predicted octanol–water partition coefficient (Wildman–Crippen LogP) is 4.50. The second-order valence-corrected chi connectivity index (χ2v) is 8.31. The summed E-state index contributed by atoms with van der Waals surface area (Å²) in [5.74, 6) is 0.